The Bertz CT molecular complexity index is 232. The number of nitrogens with one attached hydrogen (secondary N) is 1. The molecule has 0 aromatic heterocycles. The highest BCUT2D eigenvalue weighted by molar-refractivity contribution is 5.75. The molecule has 120 valence electrons. The van der Waals surface area contributed by atoms with Crippen molar-refractivity contribution in [2.45, 2.75) is 53.9 Å². The van der Waals surface area contributed by atoms with Crippen LogP contribution in [-0.2, 0) is 4.79 Å². The summed E-state index contributed by atoms with van der Waals surface area (Å²) >= 11 is 0. The first kappa shape index (κ1) is 23.6. The predicted octanol–water partition coefficient (Wildman–Crippen LogP) is 4.00. The fourth-order valence-electron chi connectivity index (χ4n) is 0.740. The van der Waals surface area contributed by atoms with E-state index in [1.54, 1.807) is 5.32 Å². The Hall–Kier alpha value is -1.52. The third kappa shape index (κ3) is 43.9. The average molecular weight is 289 g/mol. The molecule has 0 aromatic carbocycles. The molecule has 0 heterocycles. The largest absolute Gasteiger partial charge is 0.480 e. The van der Waals surface area contributed by atoms with Crippen LogP contribution in [0.4, 0.5) is 4.79 Å². The number of carboxylic acid groups (broad SMARTS) is 2. The molecular formula is C15H31NO4. The molecular weight excluding hydrogens is 258 g/mol. The third-order valence-corrected chi connectivity index (χ3v) is 1.59. The minimum absolute atomic E-state index is 0.546. The van der Waals surface area contributed by atoms with E-state index >= 15 is 0 Å². The second-order valence-electron chi connectivity index (χ2n) is 4.75. The molecule has 3 N–H and O–H groups in total. The molecule has 0 bridgehead atoms. The molecule has 5 nitrogen and oxygen atoms in total. The molecule has 1 aliphatic rings. The van der Waals surface area contributed by atoms with Crippen molar-refractivity contribution >= 4 is 12.1 Å². The Balaban J connectivity index is -0.000000213. The van der Waals surface area contributed by atoms with Gasteiger partial charge in [-0.25, -0.2) is 4.79 Å². The van der Waals surface area contributed by atoms with Gasteiger partial charge in [-0.05, 0) is 31.1 Å². The molecule has 0 radical (unpaired) electrons. The summed E-state index contributed by atoms with van der Waals surface area (Å²) in [5, 5.41) is 17.3. The van der Waals surface area contributed by atoms with Crippen molar-refractivity contribution in [3.8, 4) is 0 Å². The van der Waals surface area contributed by atoms with E-state index in [1.807, 2.05) is 19.9 Å². The Morgan fingerprint density at radius 3 is 1.75 bits per heavy atom. The van der Waals surface area contributed by atoms with Gasteiger partial charge < -0.3 is 15.5 Å². The van der Waals surface area contributed by atoms with Gasteiger partial charge in [-0.3, -0.25) is 4.79 Å². The van der Waals surface area contributed by atoms with Crippen LogP contribution in [-0.4, -0.2) is 28.8 Å². The molecule has 5 heteroatoms. The second-order valence-corrected chi connectivity index (χ2v) is 4.75. The first-order valence-electron chi connectivity index (χ1n) is 7.09. The fourth-order valence-corrected chi connectivity index (χ4v) is 0.740. The van der Waals surface area contributed by atoms with Gasteiger partial charge in [0.1, 0.15) is 6.54 Å². The van der Waals surface area contributed by atoms with Gasteiger partial charge in [0.15, 0.2) is 0 Å². The van der Waals surface area contributed by atoms with Crippen LogP contribution in [0.3, 0.4) is 0 Å². The number of allylic oxidation sites excluding steroid dienone is 1. The summed E-state index contributed by atoms with van der Waals surface area (Å²) in [5.74, 6) is 0.676. The highest BCUT2D eigenvalue weighted by Gasteiger charge is 2.18. The quantitative estimate of drug-likeness (QED) is 0.683. The maximum absolute atomic E-state index is 9.58. The number of carbonyl (C=O) groups is 2. The van der Waals surface area contributed by atoms with E-state index in [-0.39, 0.29) is 0 Å². The van der Waals surface area contributed by atoms with Crippen molar-refractivity contribution in [2.24, 2.45) is 11.8 Å². The van der Waals surface area contributed by atoms with Crippen LogP contribution in [0, 0.1) is 11.8 Å². The molecule has 1 aliphatic carbocycles. The maximum Gasteiger partial charge on any atom is 0.405 e. The summed E-state index contributed by atoms with van der Waals surface area (Å²) in [6, 6.07) is 0. The lowest BCUT2D eigenvalue weighted by Crippen LogP contribution is -2.27. The normalized spacial score (nSPS) is 11.5. The van der Waals surface area contributed by atoms with Crippen LogP contribution in [0.15, 0.2) is 12.7 Å². The zero-order valence-electron chi connectivity index (χ0n) is 13.5. The standard InChI is InChI=1S/C6H10.C4H10.C3H5NO4.C2H6/c1-2-3-6-4-5-6;1-4(2)3;5-2(6)1-4-3(7)8;1-2/h2,6H,1,3-5H2;4H,1-3H3;4H,1H2,(H,5,6)(H,7,8);1-2H3. The smallest absolute Gasteiger partial charge is 0.405 e. The second kappa shape index (κ2) is 17.5. The molecule has 0 atom stereocenters. The number of hydrogen-bond acceptors (Lipinski definition) is 2. The van der Waals surface area contributed by atoms with E-state index < -0.39 is 18.6 Å². The number of aliphatic carboxylic acids is 1. The minimum atomic E-state index is -1.33. The van der Waals surface area contributed by atoms with E-state index in [2.05, 4.69) is 27.4 Å². The van der Waals surface area contributed by atoms with Crippen LogP contribution in [0.2, 0.25) is 0 Å². The van der Waals surface area contributed by atoms with Gasteiger partial charge in [-0.15, -0.1) is 6.58 Å². The summed E-state index contributed by atoms with van der Waals surface area (Å²) in [5.41, 5.74) is 0. The molecule has 1 amide bonds. The molecule has 0 saturated heterocycles. The van der Waals surface area contributed by atoms with Gasteiger partial charge in [0, 0.05) is 0 Å². The van der Waals surface area contributed by atoms with Gasteiger partial charge in [-0.2, -0.15) is 0 Å². The predicted molar refractivity (Wildman–Crippen MR) is 83.1 cm³/mol. The monoisotopic (exact) mass is 289 g/mol. The average Bonchev–Trinajstić information content (AvgIpc) is 3.14. The Morgan fingerprint density at radius 1 is 1.25 bits per heavy atom. The molecule has 0 aliphatic heterocycles. The van der Waals surface area contributed by atoms with Crippen molar-refractivity contribution in [3.63, 3.8) is 0 Å². The third-order valence-electron chi connectivity index (χ3n) is 1.59. The SMILES string of the molecule is C=CCC1CC1.CC.CC(C)C.O=C(O)CNC(=O)O. The first-order chi connectivity index (χ1) is 9.29. The maximum atomic E-state index is 9.58. The van der Waals surface area contributed by atoms with Crippen molar-refractivity contribution < 1.29 is 19.8 Å². The lowest BCUT2D eigenvalue weighted by Gasteiger charge is -1.90. The van der Waals surface area contributed by atoms with E-state index in [9.17, 15) is 9.59 Å². The lowest BCUT2D eigenvalue weighted by molar-refractivity contribution is -0.135. The zero-order valence-corrected chi connectivity index (χ0v) is 13.5. The van der Waals surface area contributed by atoms with Crippen LogP contribution in [0.1, 0.15) is 53.9 Å². The topological polar surface area (TPSA) is 86.6 Å². The Morgan fingerprint density at radius 2 is 1.65 bits per heavy atom. The number of rotatable bonds is 4. The van der Waals surface area contributed by atoms with Gasteiger partial charge in [0.05, 0.1) is 0 Å². The summed E-state index contributed by atoms with van der Waals surface area (Å²) < 4.78 is 0. The van der Waals surface area contributed by atoms with Gasteiger partial charge in [0.25, 0.3) is 0 Å². The van der Waals surface area contributed by atoms with Crippen LogP contribution >= 0.6 is 0 Å². The van der Waals surface area contributed by atoms with Crippen molar-refractivity contribution in [2.75, 3.05) is 6.54 Å². The molecule has 0 unspecified atom stereocenters. The van der Waals surface area contributed by atoms with E-state index in [0.29, 0.717) is 0 Å². The van der Waals surface area contributed by atoms with E-state index in [4.69, 9.17) is 10.2 Å². The molecule has 0 aromatic rings. The number of carboxylic acids is 1. The van der Waals surface area contributed by atoms with Gasteiger partial charge >= 0.3 is 12.1 Å². The number of amides is 1. The molecule has 20 heavy (non-hydrogen) atoms. The molecule has 1 saturated carbocycles. The summed E-state index contributed by atoms with van der Waals surface area (Å²) in [4.78, 5) is 19.1. The molecule has 1 rings (SSSR count). The van der Waals surface area contributed by atoms with Crippen molar-refractivity contribution in [1.82, 2.24) is 5.32 Å². The minimum Gasteiger partial charge on any atom is -0.480 e. The summed E-state index contributed by atoms with van der Waals surface area (Å²) in [7, 11) is 0. The Labute approximate surface area is 123 Å². The number of hydrogen-bond donors (Lipinski definition) is 3. The van der Waals surface area contributed by atoms with Crippen LogP contribution < -0.4 is 5.32 Å². The van der Waals surface area contributed by atoms with Gasteiger partial charge in [-0.1, -0.05) is 40.7 Å². The van der Waals surface area contributed by atoms with E-state index in [0.717, 1.165) is 11.8 Å². The van der Waals surface area contributed by atoms with Gasteiger partial charge in [0.2, 0.25) is 0 Å². The highest BCUT2D eigenvalue weighted by atomic mass is 16.4. The Kier molecular flexibility index (Phi) is 20.6. The van der Waals surface area contributed by atoms with E-state index in [1.165, 1.54) is 19.3 Å². The summed E-state index contributed by atoms with van der Waals surface area (Å²) in [6.45, 7) is 13.6. The van der Waals surface area contributed by atoms with Crippen molar-refractivity contribution in [1.29, 1.82) is 0 Å². The van der Waals surface area contributed by atoms with Crippen molar-refractivity contribution in [3.05, 3.63) is 12.7 Å². The highest BCUT2D eigenvalue weighted by Crippen LogP contribution is 2.32. The zero-order chi connectivity index (χ0) is 16.6. The molecule has 1 fully saturated rings. The first-order valence-corrected chi connectivity index (χ1v) is 7.09. The summed E-state index contributed by atoms with van der Waals surface area (Å²) in [6.07, 6.45) is 4.84. The fraction of sp³-hybridized carbons (Fsp3) is 0.733. The van der Waals surface area contributed by atoms with Crippen LogP contribution in [0.5, 0.6) is 0 Å². The lowest BCUT2D eigenvalue weighted by atomic mass is 10.3. The van der Waals surface area contributed by atoms with Crippen LogP contribution in [0.25, 0.3) is 0 Å². The molecule has 0 spiro atoms.